The minimum Gasteiger partial charge on any atom is -0.0798 e. The quantitative estimate of drug-likeness (QED) is 0.583. The van der Waals surface area contributed by atoms with E-state index in [1.807, 2.05) is 29.9 Å². The third-order valence-electron chi connectivity index (χ3n) is 2.51. The van der Waals surface area contributed by atoms with Crippen LogP contribution >= 0.6 is 11.8 Å². The number of hydrogen-bond acceptors (Lipinski definition) is 2. The number of thioether (sulfide) groups is 1. The van der Waals surface area contributed by atoms with E-state index in [4.69, 9.17) is 0 Å². The fourth-order valence-electron chi connectivity index (χ4n) is 1.80. The maximum atomic E-state index is 4.57. The molecule has 82 valence electrons. The molecule has 0 saturated carbocycles. The molecule has 1 aromatic heterocycles. The molecule has 0 spiro atoms. The molecule has 2 rings (SSSR count). The lowest BCUT2D eigenvalue weighted by Crippen LogP contribution is -2.36. The summed E-state index contributed by atoms with van der Waals surface area (Å²) in [6, 6.07) is 12.4. The van der Waals surface area contributed by atoms with E-state index in [-0.39, 0.29) is 0 Å². The van der Waals surface area contributed by atoms with Crippen LogP contribution < -0.4 is 4.68 Å². The summed E-state index contributed by atoms with van der Waals surface area (Å²) in [5.74, 6) is 0. The predicted molar refractivity (Wildman–Crippen MR) is 67.4 cm³/mol. The van der Waals surface area contributed by atoms with Crippen molar-refractivity contribution in [2.24, 2.45) is 7.05 Å². The van der Waals surface area contributed by atoms with Gasteiger partial charge in [-0.2, -0.15) is 0 Å². The standard InChI is InChI=1S/C13H15N2S/c1-10-9-12(11-7-5-4-6-8-11)14-15(2)13(10)16-3/h4-9H,1-3H3/q+1. The first-order valence-corrected chi connectivity index (χ1v) is 6.42. The van der Waals surface area contributed by atoms with Gasteiger partial charge in [0.15, 0.2) is 7.05 Å². The van der Waals surface area contributed by atoms with Gasteiger partial charge in [0.2, 0.25) is 0 Å². The van der Waals surface area contributed by atoms with Gasteiger partial charge in [-0.25, -0.2) is 0 Å². The fourth-order valence-corrected chi connectivity index (χ4v) is 2.49. The Morgan fingerprint density at radius 2 is 1.88 bits per heavy atom. The van der Waals surface area contributed by atoms with Gasteiger partial charge in [0, 0.05) is 16.2 Å². The van der Waals surface area contributed by atoms with E-state index in [1.54, 1.807) is 11.8 Å². The molecule has 0 aliphatic heterocycles. The van der Waals surface area contributed by atoms with Crippen molar-refractivity contribution in [3.63, 3.8) is 0 Å². The van der Waals surface area contributed by atoms with Gasteiger partial charge in [0.25, 0.3) is 5.03 Å². The predicted octanol–water partition coefficient (Wildman–Crippen LogP) is 2.60. The smallest absolute Gasteiger partial charge is 0.0798 e. The van der Waals surface area contributed by atoms with Crippen LogP contribution in [0.2, 0.25) is 0 Å². The molecule has 2 aromatic rings. The van der Waals surface area contributed by atoms with Gasteiger partial charge in [-0.1, -0.05) is 46.8 Å². The van der Waals surface area contributed by atoms with Gasteiger partial charge >= 0.3 is 0 Å². The van der Waals surface area contributed by atoms with E-state index in [0.717, 1.165) is 11.3 Å². The first-order valence-electron chi connectivity index (χ1n) is 5.19. The molecule has 0 N–H and O–H groups in total. The maximum absolute atomic E-state index is 4.57. The highest BCUT2D eigenvalue weighted by molar-refractivity contribution is 7.98. The Bertz CT molecular complexity index is 472. The van der Waals surface area contributed by atoms with Crippen molar-refractivity contribution in [2.75, 3.05) is 6.26 Å². The molecule has 16 heavy (non-hydrogen) atoms. The van der Waals surface area contributed by atoms with Gasteiger partial charge in [0.05, 0.1) is 0 Å². The molecule has 0 unspecified atom stereocenters. The van der Waals surface area contributed by atoms with E-state index < -0.39 is 0 Å². The monoisotopic (exact) mass is 231 g/mol. The molecule has 0 radical (unpaired) electrons. The maximum Gasteiger partial charge on any atom is 0.268 e. The fraction of sp³-hybridized carbons (Fsp3) is 0.231. The van der Waals surface area contributed by atoms with Crippen molar-refractivity contribution in [3.8, 4) is 11.3 Å². The van der Waals surface area contributed by atoms with Crippen LogP contribution in [0, 0.1) is 6.92 Å². The Hall–Kier alpha value is -1.35. The highest BCUT2D eigenvalue weighted by Gasteiger charge is 2.14. The van der Waals surface area contributed by atoms with Gasteiger partial charge in [0.1, 0.15) is 5.69 Å². The lowest BCUT2D eigenvalue weighted by atomic mass is 10.1. The van der Waals surface area contributed by atoms with Crippen LogP contribution in [0.1, 0.15) is 5.56 Å². The molecule has 2 nitrogen and oxygen atoms in total. The lowest BCUT2D eigenvalue weighted by Gasteiger charge is -2.02. The molecule has 1 aromatic carbocycles. The Balaban J connectivity index is 2.53. The zero-order chi connectivity index (χ0) is 11.5. The summed E-state index contributed by atoms with van der Waals surface area (Å²) in [6.07, 6.45) is 2.08. The first-order chi connectivity index (χ1) is 7.72. The number of hydrogen-bond donors (Lipinski definition) is 0. The number of aromatic nitrogens is 2. The molecule has 0 bridgehead atoms. The minimum atomic E-state index is 1.03. The van der Waals surface area contributed by atoms with E-state index >= 15 is 0 Å². The summed E-state index contributed by atoms with van der Waals surface area (Å²) in [5.41, 5.74) is 3.45. The van der Waals surface area contributed by atoms with Crippen LogP contribution in [-0.2, 0) is 7.05 Å². The second kappa shape index (κ2) is 4.66. The molecule has 0 saturated heterocycles. The SMILES string of the molecule is CSc1c(C)cc(-c2ccccc2)n[n+]1C. The number of rotatable bonds is 2. The molecular formula is C13H15N2S+. The second-order valence-corrected chi connectivity index (χ2v) is 4.51. The molecular weight excluding hydrogens is 216 g/mol. The number of aryl methyl sites for hydroxylation is 2. The topological polar surface area (TPSA) is 16.8 Å². The molecule has 0 aliphatic carbocycles. The summed E-state index contributed by atoms with van der Waals surface area (Å²) in [7, 11) is 1.99. The van der Waals surface area contributed by atoms with E-state index in [0.29, 0.717) is 0 Å². The average molecular weight is 231 g/mol. The van der Waals surface area contributed by atoms with Crippen LogP contribution in [0.25, 0.3) is 11.3 Å². The third kappa shape index (κ3) is 2.09. The largest absolute Gasteiger partial charge is 0.268 e. The van der Waals surface area contributed by atoms with E-state index in [1.165, 1.54) is 10.6 Å². The summed E-state index contributed by atoms with van der Waals surface area (Å²) in [6.45, 7) is 2.12. The lowest BCUT2D eigenvalue weighted by molar-refractivity contribution is -0.765. The first kappa shape index (κ1) is 11.1. The van der Waals surface area contributed by atoms with Crippen molar-refractivity contribution < 1.29 is 4.68 Å². The minimum absolute atomic E-state index is 1.03. The number of nitrogens with zero attached hydrogens (tertiary/aromatic N) is 2. The van der Waals surface area contributed by atoms with Crippen molar-refractivity contribution in [2.45, 2.75) is 11.9 Å². The van der Waals surface area contributed by atoms with Crippen molar-refractivity contribution in [3.05, 3.63) is 42.0 Å². The number of benzene rings is 1. The highest BCUT2D eigenvalue weighted by Crippen LogP contribution is 2.20. The zero-order valence-electron chi connectivity index (χ0n) is 9.77. The molecule has 1 heterocycles. The molecule has 0 aliphatic rings. The normalized spacial score (nSPS) is 10.4. The molecule has 3 heteroatoms. The summed E-state index contributed by atoms with van der Waals surface area (Å²) >= 11 is 1.73. The van der Waals surface area contributed by atoms with Crippen LogP contribution in [0.3, 0.4) is 0 Å². The summed E-state index contributed by atoms with van der Waals surface area (Å²) in [4.78, 5) is 0. The van der Waals surface area contributed by atoms with Crippen molar-refractivity contribution in [1.82, 2.24) is 5.10 Å². The highest BCUT2D eigenvalue weighted by atomic mass is 32.2. The van der Waals surface area contributed by atoms with Crippen LogP contribution in [0.4, 0.5) is 0 Å². The Labute approximate surface area is 100 Å². The Morgan fingerprint density at radius 3 is 2.44 bits per heavy atom. The Morgan fingerprint density at radius 1 is 1.19 bits per heavy atom. The average Bonchev–Trinajstić information content (AvgIpc) is 2.30. The molecule has 0 amide bonds. The molecule has 0 atom stereocenters. The third-order valence-corrected chi connectivity index (χ3v) is 3.48. The van der Waals surface area contributed by atoms with Gasteiger partial charge in [-0.3, -0.25) is 0 Å². The van der Waals surface area contributed by atoms with Crippen LogP contribution in [-0.4, -0.2) is 11.4 Å². The van der Waals surface area contributed by atoms with Crippen molar-refractivity contribution >= 4 is 11.8 Å². The summed E-state index contributed by atoms with van der Waals surface area (Å²) < 4.78 is 1.95. The van der Waals surface area contributed by atoms with E-state index in [9.17, 15) is 0 Å². The van der Waals surface area contributed by atoms with Gasteiger partial charge in [-0.05, 0) is 19.2 Å². The summed E-state index contributed by atoms with van der Waals surface area (Å²) in [5, 5.41) is 5.78. The van der Waals surface area contributed by atoms with Crippen LogP contribution in [0.15, 0.2) is 41.4 Å². The van der Waals surface area contributed by atoms with Crippen molar-refractivity contribution in [1.29, 1.82) is 0 Å². The second-order valence-electron chi connectivity index (χ2n) is 3.71. The Kier molecular flexibility index (Phi) is 3.25. The van der Waals surface area contributed by atoms with Crippen LogP contribution in [0.5, 0.6) is 0 Å². The van der Waals surface area contributed by atoms with Gasteiger partial charge in [-0.15, -0.1) is 0 Å². The van der Waals surface area contributed by atoms with E-state index in [2.05, 4.69) is 36.5 Å². The molecule has 0 fully saturated rings. The van der Waals surface area contributed by atoms with Gasteiger partial charge < -0.3 is 0 Å². The zero-order valence-corrected chi connectivity index (χ0v) is 10.6.